The highest BCUT2D eigenvalue weighted by molar-refractivity contribution is 5.94. The second-order valence-corrected chi connectivity index (χ2v) is 9.72. The van der Waals surface area contributed by atoms with E-state index in [0.717, 1.165) is 88.6 Å². The maximum absolute atomic E-state index is 13.8. The number of carbonyl (C=O) groups is 1. The van der Waals surface area contributed by atoms with Gasteiger partial charge in [-0.3, -0.25) is 9.69 Å². The highest BCUT2D eigenvalue weighted by atomic mass is 19.1. The topological polar surface area (TPSA) is 62.6 Å². The summed E-state index contributed by atoms with van der Waals surface area (Å²) >= 11 is 0. The molecule has 3 aromatic rings. The Bertz CT molecular complexity index is 1160. The molecular formula is C29H40FN5O2. The third-order valence-electron chi connectivity index (χ3n) is 6.78. The van der Waals surface area contributed by atoms with E-state index in [9.17, 15) is 9.18 Å². The van der Waals surface area contributed by atoms with Crippen molar-refractivity contribution in [3.05, 3.63) is 65.2 Å². The molecule has 2 aromatic carbocycles. The van der Waals surface area contributed by atoms with Gasteiger partial charge in [0.2, 0.25) is 0 Å². The number of halogens is 1. The third-order valence-corrected chi connectivity index (χ3v) is 6.78. The Kier molecular flexibility index (Phi) is 10.0. The summed E-state index contributed by atoms with van der Waals surface area (Å²) in [5.41, 5.74) is 3.61. The Morgan fingerprint density at radius 3 is 2.70 bits per heavy atom. The van der Waals surface area contributed by atoms with Crippen LogP contribution in [-0.2, 0) is 24.4 Å². The van der Waals surface area contributed by atoms with Crippen LogP contribution in [0.5, 0.6) is 0 Å². The average molecular weight is 510 g/mol. The Hall–Kier alpha value is -2.81. The largest absolute Gasteiger partial charge is 0.379 e. The van der Waals surface area contributed by atoms with Crippen molar-refractivity contribution in [2.75, 3.05) is 45.9 Å². The first-order valence-electron chi connectivity index (χ1n) is 13.6. The highest BCUT2D eigenvalue weighted by Crippen LogP contribution is 2.21. The molecule has 0 spiro atoms. The maximum atomic E-state index is 13.8. The predicted octanol–water partition coefficient (Wildman–Crippen LogP) is 4.45. The van der Waals surface area contributed by atoms with Gasteiger partial charge in [0.1, 0.15) is 11.6 Å². The molecule has 0 saturated carbocycles. The standard InChI is InChI=1S/C29H40FN5O2/c1-3-12-34(29(36)24-7-5-8-25(30)20-24)22-28-32-26-19-23(9-10-27(26)35(28)13-4-2)21-31-11-6-14-33-15-17-37-18-16-33/h5,7-10,19-20,31H,3-4,6,11-18,21-22H2,1-2H3. The van der Waals surface area contributed by atoms with E-state index >= 15 is 0 Å². The number of hydrogen-bond acceptors (Lipinski definition) is 5. The molecule has 1 N–H and O–H groups in total. The SMILES string of the molecule is CCCN(Cc1nc2cc(CNCCCN3CCOCC3)ccc2n1CCC)C(=O)c1cccc(F)c1. The van der Waals surface area contributed by atoms with Crippen LogP contribution in [0.2, 0.25) is 0 Å². The number of amides is 1. The van der Waals surface area contributed by atoms with Crippen LogP contribution in [0.25, 0.3) is 11.0 Å². The predicted molar refractivity (Wildman–Crippen MR) is 145 cm³/mol. The first-order valence-corrected chi connectivity index (χ1v) is 13.6. The second-order valence-electron chi connectivity index (χ2n) is 9.72. The molecule has 8 heteroatoms. The van der Waals surface area contributed by atoms with Crippen molar-refractivity contribution in [1.29, 1.82) is 0 Å². The minimum Gasteiger partial charge on any atom is -0.379 e. The van der Waals surface area contributed by atoms with Crippen LogP contribution < -0.4 is 5.32 Å². The van der Waals surface area contributed by atoms with E-state index in [-0.39, 0.29) is 5.91 Å². The van der Waals surface area contributed by atoms with Crippen LogP contribution in [0.1, 0.15) is 54.9 Å². The quantitative estimate of drug-likeness (QED) is 0.345. The molecule has 4 rings (SSSR count). The fraction of sp³-hybridized carbons (Fsp3) is 0.517. The minimum atomic E-state index is -0.400. The number of carbonyl (C=O) groups excluding carboxylic acids is 1. The molecule has 2 heterocycles. The molecule has 1 aromatic heterocycles. The summed E-state index contributed by atoms with van der Waals surface area (Å²) in [6, 6.07) is 12.4. The molecule has 0 unspecified atom stereocenters. The number of fused-ring (bicyclic) bond motifs is 1. The van der Waals surface area contributed by atoms with Crippen molar-refractivity contribution in [2.45, 2.75) is 52.7 Å². The number of aromatic nitrogens is 2. The van der Waals surface area contributed by atoms with Gasteiger partial charge in [-0.05, 0) is 68.2 Å². The van der Waals surface area contributed by atoms with E-state index < -0.39 is 5.82 Å². The number of rotatable bonds is 13. The number of nitrogens with one attached hydrogen (secondary N) is 1. The number of hydrogen-bond donors (Lipinski definition) is 1. The molecule has 1 fully saturated rings. The number of nitrogens with zero attached hydrogens (tertiary/aromatic N) is 4. The van der Waals surface area contributed by atoms with E-state index in [2.05, 4.69) is 39.9 Å². The van der Waals surface area contributed by atoms with Gasteiger partial charge in [0.25, 0.3) is 5.91 Å². The number of morpholine rings is 1. The van der Waals surface area contributed by atoms with Gasteiger partial charge < -0.3 is 19.5 Å². The lowest BCUT2D eigenvalue weighted by molar-refractivity contribution is 0.0374. The van der Waals surface area contributed by atoms with Crippen LogP contribution in [0, 0.1) is 5.82 Å². The first kappa shape index (κ1) is 27.2. The number of aryl methyl sites for hydroxylation is 1. The lowest BCUT2D eigenvalue weighted by Gasteiger charge is -2.26. The van der Waals surface area contributed by atoms with Crippen LogP contribution in [-0.4, -0.2) is 71.2 Å². The summed E-state index contributed by atoms with van der Waals surface area (Å²) in [6.07, 6.45) is 2.90. The normalized spacial score (nSPS) is 14.4. The summed E-state index contributed by atoms with van der Waals surface area (Å²) in [4.78, 5) is 22.4. The molecule has 37 heavy (non-hydrogen) atoms. The summed E-state index contributed by atoms with van der Waals surface area (Å²) in [6.45, 7) is 12.6. The van der Waals surface area contributed by atoms with E-state index in [0.29, 0.717) is 18.7 Å². The Labute approximate surface area is 219 Å². The smallest absolute Gasteiger partial charge is 0.254 e. The van der Waals surface area contributed by atoms with Crippen LogP contribution in [0.4, 0.5) is 4.39 Å². The molecule has 0 atom stereocenters. The fourth-order valence-electron chi connectivity index (χ4n) is 4.91. The monoisotopic (exact) mass is 509 g/mol. The van der Waals surface area contributed by atoms with Gasteiger partial charge in [-0.2, -0.15) is 0 Å². The lowest BCUT2D eigenvalue weighted by Crippen LogP contribution is -2.37. The molecule has 7 nitrogen and oxygen atoms in total. The maximum Gasteiger partial charge on any atom is 0.254 e. The zero-order valence-corrected chi connectivity index (χ0v) is 22.2. The average Bonchev–Trinajstić information content (AvgIpc) is 3.24. The summed E-state index contributed by atoms with van der Waals surface area (Å²) in [7, 11) is 0. The Morgan fingerprint density at radius 2 is 1.95 bits per heavy atom. The van der Waals surface area contributed by atoms with E-state index in [1.165, 1.54) is 17.7 Å². The van der Waals surface area contributed by atoms with E-state index in [1.807, 2.05) is 6.92 Å². The van der Waals surface area contributed by atoms with Gasteiger partial charge in [0, 0.05) is 38.3 Å². The molecule has 0 bridgehead atoms. The van der Waals surface area contributed by atoms with Crippen LogP contribution >= 0.6 is 0 Å². The Morgan fingerprint density at radius 1 is 1.11 bits per heavy atom. The highest BCUT2D eigenvalue weighted by Gasteiger charge is 2.20. The second kappa shape index (κ2) is 13.7. The lowest BCUT2D eigenvalue weighted by atomic mass is 10.2. The zero-order valence-electron chi connectivity index (χ0n) is 22.2. The minimum absolute atomic E-state index is 0.168. The van der Waals surface area contributed by atoms with Gasteiger partial charge in [0.05, 0.1) is 30.8 Å². The van der Waals surface area contributed by atoms with Gasteiger partial charge in [0.15, 0.2) is 0 Å². The van der Waals surface area contributed by atoms with Crippen LogP contribution in [0.15, 0.2) is 42.5 Å². The first-order chi connectivity index (χ1) is 18.1. The molecule has 1 aliphatic rings. The van der Waals surface area contributed by atoms with Gasteiger partial charge in [-0.25, -0.2) is 9.37 Å². The fourth-order valence-corrected chi connectivity index (χ4v) is 4.91. The van der Waals surface area contributed by atoms with Crippen molar-refractivity contribution in [3.63, 3.8) is 0 Å². The van der Waals surface area contributed by atoms with Gasteiger partial charge in [-0.15, -0.1) is 0 Å². The Balaban J connectivity index is 1.43. The van der Waals surface area contributed by atoms with Crippen molar-refractivity contribution in [3.8, 4) is 0 Å². The zero-order chi connectivity index (χ0) is 26.0. The van der Waals surface area contributed by atoms with E-state index in [1.54, 1.807) is 17.0 Å². The van der Waals surface area contributed by atoms with Crippen molar-refractivity contribution < 1.29 is 13.9 Å². The summed E-state index contributed by atoms with van der Waals surface area (Å²) in [5, 5.41) is 3.56. The molecule has 1 amide bonds. The molecular weight excluding hydrogens is 469 g/mol. The number of benzene rings is 2. The van der Waals surface area contributed by atoms with Crippen molar-refractivity contribution in [2.24, 2.45) is 0 Å². The molecule has 1 aliphatic heterocycles. The van der Waals surface area contributed by atoms with Crippen molar-refractivity contribution >= 4 is 16.9 Å². The van der Waals surface area contributed by atoms with Gasteiger partial charge >= 0.3 is 0 Å². The molecule has 1 saturated heterocycles. The number of imidazole rings is 1. The third kappa shape index (κ3) is 7.37. The molecule has 0 radical (unpaired) electrons. The summed E-state index contributed by atoms with van der Waals surface area (Å²) in [5.74, 6) is 0.298. The molecule has 200 valence electrons. The van der Waals surface area contributed by atoms with Crippen molar-refractivity contribution in [1.82, 2.24) is 24.7 Å². The van der Waals surface area contributed by atoms with E-state index in [4.69, 9.17) is 9.72 Å². The summed E-state index contributed by atoms with van der Waals surface area (Å²) < 4.78 is 21.4. The van der Waals surface area contributed by atoms with Gasteiger partial charge in [-0.1, -0.05) is 26.0 Å². The molecule has 0 aliphatic carbocycles. The number of ether oxygens (including phenoxy) is 1. The van der Waals surface area contributed by atoms with Crippen LogP contribution in [0.3, 0.4) is 0 Å².